The Morgan fingerprint density at radius 1 is 1.35 bits per heavy atom. The molecule has 112 valence electrons. The molecule has 1 aromatic carbocycles. The quantitative estimate of drug-likeness (QED) is 0.852. The lowest BCUT2D eigenvalue weighted by Crippen LogP contribution is -2.39. The average molecular weight is 274 g/mol. The molecule has 1 saturated heterocycles. The minimum Gasteiger partial charge on any atom is -0.326 e. The van der Waals surface area contributed by atoms with Gasteiger partial charge in [-0.3, -0.25) is 4.90 Å². The number of nitrogens with two attached hydrogens (primary N) is 1. The maximum atomic E-state index is 6.46. The maximum Gasteiger partial charge on any atom is 0.0499 e. The topological polar surface area (TPSA) is 29.3 Å². The van der Waals surface area contributed by atoms with Crippen molar-refractivity contribution in [1.82, 2.24) is 4.90 Å². The molecule has 0 bridgehead atoms. The van der Waals surface area contributed by atoms with Crippen LogP contribution < -0.4 is 5.73 Å². The lowest BCUT2D eigenvalue weighted by Gasteiger charge is -2.33. The highest BCUT2D eigenvalue weighted by molar-refractivity contribution is 5.26. The molecular weight excluding hydrogens is 244 g/mol. The number of hydrogen-bond acceptors (Lipinski definition) is 2. The van der Waals surface area contributed by atoms with Crippen molar-refractivity contribution in [3.63, 3.8) is 0 Å². The van der Waals surface area contributed by atoms with Crippen molar-refractivity contribution >= 4 is 0 Å². The summed E-state index contributed by atoms with van der Waals surface area (Å²) < 4.78 is 0. The first kappa shape index (κ1) is 15.5. The van der Waals surface area contributed by atoms with Gasteiger partial charge in [-0.2, -0.15) is 0 Å². The summed E-state index contributed by atoms with van der Waals surface area (Å²) in [4.78, 5) is 2.63. The largest absolute Gasteiger partial charge is 0.326 e. The maximum absolute atomic E-state index is 6.46. The minimum absolute atomic E-state index is 0.233. The van der Waals surface area contributed by atoms with Gasteiger partial charge in [-0.1, -0.05) is 50.1 Å². The lowest BCUT2D eigenvalue weighted by molar-refractivity contribution is 0.201. The van der Waals surface area contributed by atoms with Crippen molar-refractivity contribution < 1.29 is 0 Å². The average Bonchev–Trinajstić information content (AvgIpc) is 2.87. The molecule has 2 heteroatoms. The Kier molecular flexibility index (Phi) is 5.62. The zero-order valence-corrected chi connectivity index (χ0v) is 13.3. The molecule has 1 fully saturated rings. The highest BCUT2D eigenvalue weighted by Gasteiger charge is 2.31. The summed E-state index contributed by atoms with van der Waals surface area (Å²) in [6.07, 6.45) is 5.03. The van der Waals surface area contributed by atoms with E-state index in [2.05, 4.69) is 49.9 Å². The summed E-state index contributed by atoms with van der Waals surface area (Å²) in [6.45, 7) is 9.09. The Morgan fingerprint density at radius 3 is 2.80 bits per heavy atom. The Hall–Kier alpha value is -0.860. The van der Waals surface area contributed by atoms with Crippen molar-refractivity contribution in [1.29, 1.82) is 0 Å². The molecule has 1 heterocycles. The number of likely N-dealkylation sites (tertiary alicyclic amines) is 1. The van der Waals surface area contributed by atoms with E-state index in [1.807, 2.05) is 0 Å². The number of nitrogens with zero attached hydrogens (tertiary/aromatic N) is 1. The first-order valence-electron chi connectivity index (χ1n) is 8.21. The van der Waals surface area contributed by atoms with Crippen LogP contribution in [0.5, 0.6) is 0 Å². The Bertz CT molecular complexity index is 416. The summed E-state index contributed by atoms with van der Waals surface area (Å²) in [5.74, 6) is 0.872. The van der Waals surface area contributed by atoms with Crippen molar-refractivity contribution in [3.05, 3.63) is 35.4 Å². The van der Waals surface area contributed by atoms with E-state index in [1.165, 1.54) is 43.5 Å². The Morgan fingerprint density at radius 2 is 2.15 bits per heavy atom. The summed E-state index contributed by atoms with van der Waals surface area (Å²) in [5, 5.41) is 0. The van der Waals surface area contributed by atoms with E-state index < -0.39 is 0 Å². The first-order chi connectivity index (χ1) is 9.65. The van der Waals surface area contributed by atoms with Crippen LogP contribution in [0.25, 0.3) is 0 Å². The number of benzene rings is 1. The molecule has 2 rings (SSSR count). The van der Waals surface area contributed by atoms with E-state index in [-0.39, 0.29) is 6.04 Å². The fourth-order valence-electron chi connectivity index (χ4n) is 3.57. The van der Waals surface area contributed by atoms with Crippen LogP contribution in [0.1, 0.15) is 56.7 Å². The summed E-state index contributed by atoms with van der Waals surface area (Å²) in [7, 11) is 0. The molecule has 1 aliphatic heterocycles. The molecule has 1 aliphatic rings. The third kappa shape index (κ3) is 3.62. The summed E-state index contributed by atoms with van der Waals surface area (Å²) in [5.41, 5.74) is 9.19. The SMILES string of the molecule is CCCC1CCN(C(c2cccc(C)c2)C(N)CC)C1. The molecule has 0 radical (unpaired) electrons. The zero-order valence-electron chi connectivity index (χ0n) is 13.3. The van der Waals surface area contributed by atoms with Gasteiger partial charge < -0.3 is 5.73 Å². The second-order valence-corrected chi connectivity index (χ2v) is 6.37. The van der Waals surface area contributed by atoms with Crippen LogP contribution in [0.15, 0.2) is 24.3 Å². The zero-order chi connectivity index (χ0) is 14.5. The molecule has 3 atom stereocenters. The molecule has 0 spiro atoms. The third-order valence-electron chi connectivity index (χ3n) is 4.67. The predicted molar refractivity (Wildman–Crippen MR) is 86.8 cm³/mol. The van der Waals surface area contributed by atoms with Crippen LogP contribution in [0.2, 0.25) is 0 Å². The highest BCUT2D eigenvalue weighted by Crippen LogP contribution is 2.32. The van der Waals surface area contributed by atoms with Gasteiger partial charge in [-0.05, 0) is 44.2 Å². The third-order valence-corrected chi connectivity index (χ3v) is 4.67. The van der Waals surface area contributed by atoms with E-state index in [0.29, 0.717) is 6.04 Å². The van der Waals surface area contributed by atoms with Crippen molar-refractivity contribution in [2.75, 3.05) is 13.1 Å². The summed E-state index contributed by atoms with van der Waals surface area (Å²) in [6, 6.07) is 9.52. The lowest BCUT2D eigenvalue weighted by atomic mass is 9.95. The van der Waals surface area contributed by atoms with Gasteiger partial charge in [0.05, 0.1) is 0 Å². The second kappa shape index (κ2) is 7.24. The van der Waals surface area contributed by atoms with Crippen LogP contribution in [-0.4, -0.2) is 24.0 Å². The molecule has 0 saturated carbocycles. The normalized spacial score (nSPS) is 22.9. The number of aryl methyl sites for hydroxylation is 1. The van der Waals surface area contributed by atoms with Crippen LogP contribution >= 0.6 is 0 Å². The smallest absolute Gasteiger partial charge is 0.0499 e. The fraction of sp³-hybridized carbons (Fsp3) is 0.667. The molecule has 1 aromatic rings. The molecule has 3 unspecified atom stereocenters. The Labute approximate surface area is 124 Å². The van der Waals surface area contributed by atoms with E-state index >= 15 is 0 Å². The van der Waals surface area contributed by atoms with Crippen LogP contribution in [-0.2, 0) is 0 Å². The van der Waals surface area contributed by atoms with Gasteiger partial charge >= 0.3 is 0 Å². The molecule has 20 heavy (non-hydrogen) atoms. The van der Waals surface area contributed by atoms with Gasteiger partial charge in [0.2, 0.25) is 0 Å². The van der Waals surface area contributed by atoms with E-state index in [9.17, 15) is 0 Å². The van der Waals surface area contributed by atoms with Crippen molar-refractivity contribution in [3.8, 4) is 0 Å². The second-order valence-electron chi connectivity index (χ2n) is 6.37. The summed E-state index contributed by atoms with van der Waals surface area (Å²) >= 11 is 0. The predicted octanol–water partition coefficient (Wildman–Crippen LogP) is 3.90. The van der Waals surface area contributed by atoms with Gasteiger partial charge in [-0.15, -0.1) is 0 Å². The fourth-order valence-corrected chi connectivity index (χ4v) is 3.57. The highest BCUT2D eigenvalue weighted by atomic mass is 15.2. The van der Waals surface area contributed by atoms with Crippen molar-refractivity contribution in [2.24, 2.45) is 11.7 Å². The van der Waals surface area contributed by atoms with Gasteiger partial charge in [0.15, 0.2) is 0 Å². The van der Waals surface area contributed by atoms with E-state index in [4.69, 9.17) is 5.73 Å². The number of hydrogen-bond donors (Lipinski definition) is 1. The van der Waals surface area contributed by atoms with Crippen LogP contribution in [0, 0.1) is 12.8 Å². The van der Waals surface area contributed by atoms with Gasteiger partial charge in [-0.25, -0.2) is 0 Å². The van der Waals surface area contributed by atoms with Crippen LogP contribution in [0.3, 0.4) is 0 Å². The molecule has 2 nitrogen and oxygen atoms in total. The standard InChI is InChI=1S/C18H30N2/c1-4-7-15-10-11-20(13-15)18(17(19)5-2)16-9-6-8-14(3)12-16/h6,8-9,12,15,17-18H,4-5,7,10-11,13,19H2,1-3H3. The first-order valence-corrected chi connectivity index (χ1v) is 8.21. The molecule has 0 amide bonds. The molecular formula is C18H30N2. The molecule has 0 aliphatic carbocycles. The van der Waals surface area contributed by atoms with Crippen molar-refractivity contribution in [2.45, 2.75) is 58.5 Å². The van der Waals surface area contributed by atoms with Gasteiger partial charge in [0, 0.05) is 18.6 Å². The number of rotatable bonds is 6. The molecule has 0 aromatic heterocycles. The monoisotopic (exact) mass is 274 g/mol. The van der Waals surface area contributed by atoms with Crippen LogP contribution in [0.4, 0.5) is 0 Å². The van der Waals surface area contributed by atoms with Gasteiger partial charge in [0.25, 0.3) is 0 Å². The van der Waals surface area contributed by atoms with E-state index in [0.717, 1.165) is 12.3 Å². The minimum atomic E-state index is 0.233. The molecule has 2 N–H and O–H groups in total. The van der Waals surface area contributed by atoms with E-state index in [1.54, 1.807) is 0 Å². The Balaban J connectivity index is 2.16. The van der Waals surface area contributed by atoms with Gasteiger partial charge in [0.1, 0.15) is 0 Å².